The predicted octanol–water partition coefficient (Wildman–Crippen LogP) is 2.57. The monoisotopic (exact) mass is 374 g/mol. The van der Waals surface area contributed by atoms with E-state index in [0.717, 1.165) is 11.1 Å². The lowest BCUT2D eigenvalue weighted by Crippen LogP contribution is -2.36. The van der Waals surface area contributed by atoms with E-state index in [1.165, 1.54) is 11.4 Å². The van der Waals surface area contributed by atoms with Crippen LogP contribution in [-0.4, -0.2) is 41.1 Å². The maximum Gasteiger partial charge on any atom is 0.264 e. The number of hydrogen-bond acceptors (Lipinski definition) is 4. The molecule has 7 heteroatoms. The van der Waals surface area contributed by atoms with Crippen molar-refractivity contribution in [1.29, 1.82) is 0 Å². The van der Waals surface area contributed by atoms with Gasteiger partial charge in [-0.05, 0) is 37.6 Å². The summed E-state index contributed by atoms with van der Waals surface area (Å²) >= 11 is 0. The minimum absolute atomic E-state index is 0.126. The van der Waals surface area contributed by atoms with Crippen molar-refractivity contribution in [3.05, 3.63) is 47.5 Å². The van der Waals surface area contributed by atoms with Crippen molar-refractivity contribution in [3.8, 4) is 11.1 Å². The number of carbonyl (C=O) groups is 1. The Bertz CT molecular complexity index is 969. The molecular weight excluding hydrogens is 352 g/mol. The lowest BCUT2D eigenvalue weighted by Gasteiger charge is -2.31. The van der Waals surface area contributed by atoms with Crippen LogP contribution in [0.1, 0.15) is 22.8 Å². The van der Waals surface area contributed by atoms with Gasteiger partial charge in [-0.3, -0.25) is 9.10 Å². The van der Waals surface area contributed by atoms with E-state index < -0.39 is 10.0 Å². The summed E-state index contributed by atoms with van der Waals surface area (Å²) in [6.45, 7) is 4.09. The zero-order chi connectivity index (χ0) is 19.1. The number of ether oxygens (including phenoxy) is 1. The highest BCUT2D eigenvalue weighted by Gasteiger charge is 2.33. The highest BCUT2D eigenvalue weighted by Crippen LogP contribution is 2.44. The first-order valence-corrected chi connectivity index (χ1v) is 9.74. The summed E-state index contributed by atoms with van der Waals surface area (Å²) in [5, 5.41) is 2.89. The highest BCUT2D eigenvalue weighted by atomic mass is 32.2. The Balaban J connectivity index is 2.13. The average molecular weight is 374 g/mol. The number of amides is 1. The molecule has 138 valence electrons. The van der Waals surface area contributed by atoms with Crippen LogP contribution in [0.4, 0.5) is 5.69 Å². The van der Waals surface area contributed by atoms with Crippen LogP contribution >= 0.6 is 0 Å². The molecule has 0 radical (unpaired) electrons. The van der Waals surface area contributed by atoms with Crippen LogP contribution < -0.4 is 9.62 Å². The molecule has 0 saturated carbocycles. The fourth-order valence-corrected chi connectivity index (χ4v) is 4.80. The Kier molecular flexibility index (Phi) is 4.77. The highest BCUT2D eigenvalue weighted by molar-refractivity contribution is 7.93. The van der Waals surface area contributed by atoms with Crippen molar-refractivity contribution in [2.45, 2.75) is 24.8 Å². The van der Waals surface area contributed by atoms with Crippen molar-refractivity contribution in [2.75, 3.05) is 25.1 Å². The van der Waals surface area contributed by atoms with Crippen molar-refractivity contribution < 1.29 is 17.9 Å². The molecule has 2 aromatic carbocycles. The number of benzene rings is 2. The number of nitrogens with one attached hydrogen (secondary N) is 1. The molecule has 6 nitrogen and oxygen atoms in total. The molecule has 1 aliphatic heterocycles. The molecule has 1 heterocycles. The average Bonchev–Trinajstić information content (AvgIpc) is 2.59. The predicted molar refractivity (Wildman–Crippen MR) is 101 cm³/mol. The number of carbonyl (C=O) groups excluding carboxylic acids is 1. The smallest absolute Gasteiger partial charge is 0.264 e. The maximum absolute atomic E-state index is 12.8. The standard InChI is InChI=1S/C19H22N2O4S/c1-12-9-14(19(22)20-13(2)11-25-4)10-16-15-7-5-6-8-17(15)26(23,24)21(3)18(12)16/h5-10,13H,11H2,1-4H3,(H,20,22). The second-order valence-electron chi connectivity index (χ2n) is 6.49. The molecule has 26 heavy (non-hydrogen) atoms. The van der Waals surface area contributed by atoms with E-state index >= 15 is 0 Å². The van der Waals surface area contributed by atoms with Gasteiger partial charge < -0.3 is 10.1 Å². The van der Waals surface area contributed by atoms with E-state index in [1.807, 2.05) is 13.8 Å². The molecule has 1 aliphatic rings. The van der Waals surface area contributed by atoms with Crippen molar-refractivity contribution >= 4 is 21.6 Å². The van der Waals surface area contributed by atoms with Gasteiger partial charge in [-0.1, -0.05) is 18.2 Å². The number of methoxy groups -OCH3 is 1. The zero-order valence-corrected chi connectivity index (χ0v) is 16.1. The number of rotatable bonds is 4. The van der Waals surface area contributed by atoms with Crippen LogP contribution in [0.5, 0.6) is 0 Å². The minimum Gasteiger partial charge on any atom is -0.383 e. The van der Waals surface area contributed by atoms with Gasteiger partial charge in [0.2, 0.25) is 0 Å². The molecule has 2 aromatic rings. The SMILES string of the molecule is COCC(C)NC(=O)c1cc(C)c2c(c1)-c1ccccc1S(=O)(=O)N2C. The quantitative estimate of drug-likeness (QED) is 0.892. The Labute approximate surface area is 153 Å². The number of nitrogens with zero attached hydrogens (tertiary/aromatic N) is 1. The molecule has 0 aromatic heterocycles. The molecule has 3 rings (SSSR count). The number of fused-ring (bicyclic) bond motifs is 3. The Morgan fingerprint density at radius 1 is 1.23 bits per heavy atom. The fraction of sp³-hybridized carbons (Fsp3) is 0.316. The van der Waals surface area contributed by atoms with E-state index in [1.54, 1.807) is 43.5 Å². The lowest BCUT2D eigenvalue weighted by atomic mass is 9.96. The third-order valence-electron chi connectivity index (χ3n) is 4.49. The van der Waals surface area contributed by atoms with Gasteiger partial charge in [-0.15, -0.1) is 0 Å². The summed E-state index contributed by atoms with van der Waals surface area (Å²) in [4.78, 5) is 12.8. The first-order chi connectivity index (χ1) is 12.3. The van der Waals surface area contributed by atoms with Gasteiger partial charge in [-0.25, -0.2) is 8.42 Å². The normalized spacial score (nSPS) is 15.8. The molecule has 1 N–H and O–H groups in total. The number of sulfonamides is 1. The molecular formula is C19H22N2O4S. The molecule has 1 unspecified atom stereocenters. The van der Waals surface area contributed by atoms with E-state index in [2.05, 4.69) is 5.32 Å². The number of aryl methyl sites for hydroxylation is 1. The topological polar surface area (TPSA) is 75.7 Å². The van der Waals surface area contributed by atoms with E-state index in [0.29, 0.717) is 23.4 Å². The summed E-state index contributed by atoms with van der Waals surface area (Å²) in [6.07, 6.45) is 0. The minimum atomic E-state index is -3.60. The van der Waals surface area contributed by atoms with Gasteiger partial charge in [0.15, 0.2) is 0 Å². The Hall–Kier alpha value is -2.38. The largest absolute Gasteiger partial charge is 0.383 e. The molecule has 0 fully saturated rings. The van der Waals surface area contributed by atoms with E-state index in [-0.39, 0.29) is 16.8 Å². The number of anilines is 1. The van der Waals surface area contributed by atoms with Crippen LogP contribution in [-0.2, 0) is 14.8 Å². The fourth-order valence-electron chi connectivity index (χ4n) is 3.31. The maximum atomic E-state index is 12.8. The van der Waals surface area contributed by atoms with Crippen molar-refractivity contribution in [3.63, 3.8) is 0 Å². The van der Waals surface area contributed by atoms with Crippen LogP contribution in [0.15, 0.2) is 41.3 Å². The first kappa shape index (κ1) is 18.4. The summed E-state index contributed by atoms with van der Waals surface area (Å²) < 4.78 is 31.9. The van der Waals surface area contributed by atoms with E-state index in [4.69, 9.17) is 4.74 Å². The van der Waals surface area contributed by atoms with Gasteiger partial charge >= 0.3 is 0 Å². The van der Waals surface area contributed by atoms with Gasteiger partial charge in [0.25, 0.3) is 15.9 Å². The Morgan fingerprint density at radius 2 is 1.92 bits per heavy atom. The lowest BCUT2D eigenvalue weighted by molar-refractivity contribution is 0.0905. The van der Waals surface area contributed by atoms with Crippen LogP contribution in [0.2, 0.25) is 0 Å². The third-order valence-corrected chi connectivity index (χ3v) is 6.30. The summed E-state index contributed by atoms with van der Waals surface area (Å²) in [5.41, 5.74) is 3.18. The van der Waals surface area contributed by atoms with Crippen LogP contribution in [0, 0.1) is 6.92 Å². The molecule has 0 bridgehead atoms. The second-order valence-corrected chi connectivity index (χ2v) is 8.43. The van der Waals surface area contributed by atoms with Gasteiger partial charge in [0.05, 0.1) is 17.2 Å². The third kappa shape index (κ3) is 2.97. The zero-order valence-electron chi connectivity index (χ0n) is 15.2. The summed E-state index contributed by atoms with van der Waals surface area (Å²) in [5.74, 6) is -0.214. The summed E-state index contributed by atoms with van der Waals surface area (Å²) in [7, 11) is -0.478. The molecule has 0 aliphatic carbocycles. The van der Waals surface area contributed by atoms with Gasteiger partial charge in [-0.2, -0.15) is 0 Å². The van der Waals surface area contributed by atoms with Crippen LogP contribution in [0.25, 0.3) is 11.1 Å². The van der Waals surface area contributed by atoms with E-state index in [9.17, 15) is 13.2 Å². The van der Waals surface area contributed by atoms with Crippen molar-refractivity contribution in [1.82, 2.24) is 5.32 Å². The molecule has 0 spiro atoms. The summed E-state index contributed by atoms with van der Waals surface area (Å²) in [6, 6.07) is 10.2. The second kappa shape index (κ2) is 6.74. The molecule has 1 atom stereocenters. The van der Waals surface area contributed by atoms with Gasteiger partial charge in [0.1, 0.15) is 0 Å². The van der Waals surface area contributed by atoms with Crippen molar-refractivity contribution in [2.24, 2.45) is 0 Å². The Morgan fingerprint density at radius 3 is 2.62 bits per heavy atom. The number of hydrogen-bond donors (Lipinski definition) is 1. The molecule has 0 saturated heterocycles. The first-order valence-electron chi connectivity index (χ1n) is 8.30. The van der Waals surface area contributed by atoms with Gasteiger partial charge in [0, 0.05) is 36.9 Å². The molecule has 1 amide bonds. The van der Waals surface area contributed by atoms with Crippen LogP contribution in [0.3, 0.4) is 0 Å².